The molecule has 5 heterocycles. The van der Waals surface area contributed by atoms with E-state index in [1.54, 1.807) is 43.2 Å². The van der Waals surface area contributed by atoms with Crippen molar-refractivity contribution in [2.75, 3.05) is 43.4 Å². The predicted molar refractivity (Wildman–Crippen MR) is 122 cm³/mol. The molecule has 9 nitrogen and oxygen atoms in total. The predicted octanol–water partition coefficient (Wildman–Crippen LogP) is 2.49. The van der Waals surface area contributed by atoms with Crippen LogP contribution < -0.4 is 10.2 Å². The largest absolute Gasteiger partial charge is 0.354 e. The zero-order chi connectivity index (χ0) is 21.9. The summed E-state index contributed by atoms with van der Waals surface area (Å²) in [5.41, 5.74) is 2.86. The molecule has 0 atom stereocenters. The van der Waals surface area contributed by atoms with Crippen LogP contribution in [0.25, 0.3) is 22.2 Å². The summed E-state index contributed by atoms with van der Waals surface area (Å²) in [4.78, 5) is 39.0. The molecule has 32 heavy (non-hydrogen) atoms. The van der Waals surface area contributed by atoms with Gasteiger partial charge in [0.15, 0.2) is 0 Å². The van der Waals surface area contributed by atoms with Crippen molar-refractivity contribution in [3.8, 4) is 11.3 Å². The minimum absolute atomic E-state index is 0.229. The second-order valence-corrected chi connectivity index (χ2v) is 7.72. The summed E-state index contributed by atoms with van der Waals surface area (Å²) in [6, 6.07) is 7.31. The number of likely N-dealkylation sites (N-methyl/N-ethyl adjacent to an activating group) is 1. The number of piperazine rings is 1. The molecule has 4 aromatic rings. The summed E-state index contributed by atoms with van der Waals surface area (Å²) in [5, 5.41) is 3.74. The standard InChI is InChI=1S/C23H22N8O/c1-30-6-8-31(9-7-30)22-12-16(2-3-26-22)23(32)29-21-11-17-10-18(13-27-20(17)15-28-21)19-14-24-4-5-25-19/h2-5,10-15H,6-9H2,1H3,(H,28,29,32). The van der Waals surface area contributed by atoms with Crippen molar-refractivity contribution in [1.82, 2.24) is 29.8 Å². The number of nitrogens with one attached hydrogen (secondary N) is 1. The van der Waals surface area contributed by atoms with Gasteiger partial charge in [-0.25, -0.2) is 9.97 Å². The molecule has 4 aromatic heterocycles. The lowest BCUT2D eigenvalue weighted by atomic mass is 10.1. The molecule has 1 saturated heterocycles. The van der Waals surface area contributed by atoms with Gasteiger partial charge < -0.3 is 15.1 Å². The fourth-order valence-corrected chi connectivity index (χ4v) is 3.64. The fraction of sp³-hybridized carbons (Fsp3) is 0.217. The Balaban J connectivity index is 1.36. The average molecular weight is 426 g/mol. The van der Waals surface area contributed by atoms with E-state index in [1.807, 2.05) is 18.2 Å². The van der Waals surface area contributed by atoms with E-state index in [4.69, 9.17) is 0 Å². The number of nitrogens with zero attached hydrogens (tertiary/aromatic N) is 7. The monoisotopic (exact) mass is 426 g/mol. The Morgan fingerprint density at radius 3 is 2.59 bits per heavy atom. The summed E-state index contributed by atoms with van der Waals surface area (Å²) in [6.07, 6.45) is 10.0. The first-order valence-electron chi connectivity index (χ1n) is 10.4. The first-order chi connectivity index (χ1) is 15.7. The van der Waals surface area contributed by atoms with Gasteiger partial charge >= 0.3 is 0 Å². The summed E-state index contributed by atoms with van der Waals surface area (Å²) >= 11 is 0. The molecule has 5 rings (SSSR count). The van der Waals surface area contributed by atoms with Crippen LogP contribution in [0, 0.1) is 0 Å². The van der Waals surface area contributed by atoms with Crippen molar-refractivity contribution in [3.63, 3.8) is 0 Å². The SMILES string of the molecule is CN1CCN(c2cc(C(=O)Nc3cc4cc(-c5cnccn5)cnc4cn3)ccn2)CC1. The third kappa shape index (κ3) is 4.23. The van der Waals surface area contributed by atoms with Crippen LogP contribution in [-0.4, -0.2) is 69.0 Å². The van der Waals surface area contributed by atoms with Crippen LogP contribution in [0.5, 0.6) is 0 Å². The van der Waals surface area contributed by atoms with Crippen molar-refractivity contribution in [2.24, 2.45) is 0 Å². The highest BCUT2D eigenvalue weighted by molar-refractivity contribution is 6.04. The number of carbonyl (C=O) groups is 1. The second-order valence-electron chi connectivity index (χ2n) is 7.72. The molecular weight excluding hydrogens is 404 g/mol. The minimum atomic E-state index is -0.229. The van der Waals surface area contributed by atoms with Gasteiger partial charge in [0.1, 0.15) is 11.6 Å². The van der Waals surface area contributed by atoms with Gasteiger partial charge in [-0.05, 0) is 31.3 Å². The third-order valence-corrected chi connectivity index (χ3v) is 5.50. The zero-order valence-corrected chi connectivity index (χ0v) is 17.6. The van der Waals surface area contributed by atoms with E-state index in [0.717, 1.165) is 54.2 Å². The number of carbonyl (C=O) groups excluding carboxylic acids is 1. The molecule has 9 heteroatoms. The molecule has 0 unspecified atom stereocenters. The zero-order valence-electron chi connectivity index (χ0n) is 17.6. The molecule has 1 aliphatic rings. The number of anilines is 2. The highest BCUT2D eigenvalue weighted by Gasteiger charge is 2.17. The van der Waals surface area contributed by atoms with Gasteiger partial charge in [0.25, 0.3) is 5.91 Å². The number of pyridine rings is 3. The van der Waals surface area contributed by atoms with E-state index in [0.29, 0.717) is 11.4 Å². The molecule has 0 saturated carbocycles. The highest BCUT2D eigenvalue weighted by Crippen LogP contribution is 2.22. The van der Waals surface area contributed by atoms with E-state index in [-0.39, 0.29) is 5.91 Å². The number of fused-ring (bicyclic) bond motifs is 1. The minimum Gasteiger partial charge on any atom is -0.354 e. The Morgan fingerprint density at radius 1 is 0.906 bits per heavy atom. The van der Waals surface area contributed by atoms with Gasteiger partial charge in [0.2, 0.25) is 0 Å². The number of amides is 1. The lowest BCUT2D eigenvalue weighted by Crippen LogP contribution is -2.44. The Hall–Kier alpha value is -3.98. The fourth-order valence-electron chi connectivity index (χ4n) is 3.64. The lowest BCUT2D eigenvalue weighted by Gasteiger charge is -2.33. The van der Waals surface area contributed by atoms with E-state index in [1.165, 1.54) is 0 Å². The van der Waals surface area contributed by atoms with Gasteiger partial charge in [-0.15, -0.1) is 0 Å². The van der Waals surface area contributed by atoms with Crippen LogP contribution in [-0.2, 0) is 0 Å². The second kappa shape index (κ2) is 8.64. The third-order valence-electron chi connectivity index (χ3n) is 5.50. The smallest absolute Gasteiger partial charge is 0.257 e. The molecular formula is C23H22N8O. The first kappa shape index (κ1) is 20.0. The number of hydrogen-bond acceptors (Lipinski definition) is 8. The molecule has 160 valence electrons. The van der Waals surface area contributed by atoms with Gasteiger partial charge in [-0.3, -0.25) is 19.7 Å². The number of aromatic nitrogens is 5. The maximum Gasteiger partial charge on any atom is 0.257 e. The van der Waals surface area contributed by atoms with Crippen LogP contribution in [0.3, 0.4) is 0 Å². The Bertz CT molecular complexity index is 1260. The summed E-state index contributed by atoms with van der Waals surface area (Å²) in [6.45, 7) is 3.73. The van der Waals surface area contributed by atoms with Crippen LogP contribution in [0.2, 0.25) is 0 Å². The van der Waals surface area contributed by atoms with Crippen LogP contribution in [0.4, 0.5) is 11.6 Å². The van der Waals surface area contributed by atoms with Crippen LogP contribution in [0.15, 0.2) is 61.4 Å². The number of rotatable bonds is 4. The molecule has 1 amide bonds. The van der Waals surface area contributed by atoms with Crippen molar-refractivity contribution < 1.29 is 4.79 Å². The molecule has 1 aliphatic heterocycles. The Morgan fingerprint density at radius 2 is 1.78 bits per heavy atom. The maximum atomic E-state index is 12.9. The van der Waals surface area contributed by atoms with E-state index >= 15 is 0 Å². The summed E-state index contributed by atoms with van der Waals surface area (Å²) < 4.78 is 0. The van der Waals surface area contributed by atoms with Crippen LogP contribution >= 0.6 is 0 Å². The van der Waals surface area contributed by atoms with Gasteiger partial charge in [-0.1, -0.05) is 0 Å². The van der Waals surface area contributed by atoms with E-state index in [2.05, 4.69) is 47.1 Å². The summed E-state index contributed by atoms with van der Waals surface area (Å²) in [7, 11) is 2.11. The summed E-state index contributed by atoms with van der Waals surface area (Å²) in [5.74, 6) is 1.04. The quantitative estimate of drug-likeness (QED) is 0.531. The van der Waals surface area contributed by atoms with Crippen molar-refractivity contribution >= 4 is 28.4 Å². The Labute approximate surface area is 185 Å². The highest BCUT2D eigenvalue weighted by atomic mass is 16.1. The molecule has 0 spiro atoms. The topological polar surface area (TPSA) is 100 Å². The van der Waals surface area contributed by atoms with Crippen molar-refractivity contribution in [3.05, 3.63) is 67.0 Å². The molecule has 1 N–H and O–H groups in total. The molecule has 0 radical (unpaired) electrons. The first-order valence-corrected chi connectivity index (χ1v) is 10.4. The molecule has 1 fully saturated rings. The van der Waals surface area contributed by atoms with Gasteiger partial charge in [0.05, 0.1) is 23.6 Å². The average Bonchev–Trinajstić information content (AvgIpc) is 2.84. The van der Waals surface area contributed by atoms with Crippen molar-refractivity contribution in [2.45, 2.75) is 0 Å². The van der Waals surface area contributed by atoms with Gasteiger partial charge in [0, 0.05) is 67.5 Å². The maximum absolute atomic E-state index is 12.9. The molecule has 0 aromatic carbocycles. The normalized spacial score (nSPS) is 14.5. The molecule has 0 aliphatic carbocycles. The number of hydrogen-bond donors (Lipinski definition) is 1. The molecule has 0 bridgehead atoms. The van der Waals surface area contributed by atoms with E-state index < -0.39 is 0 Å². The Kier molecular flexibility index (Phi) is 5.39. The van der Waals surface area contributed by atoms with Crippen molar-refractivity contribution in [1.29, 1.82) is 0 Å². The van der Waals surface area contributed by atoms with Crippen LogP contribution in [0.1, 0.15) is 10.4 Å². The lowest BCUT2D eigenvalue weighted by molar-refractivity contribution is 0.102. The van der Waals surface area contributed by atoms with Gasteiger partial charge in [-0.2, -0.15) is 0 Å². The van der Waals surface area contributed by atoms with E-state index in [9.17, 15) is 4.79 Å².